The zero-order valence-corrected chi connectivity index (χ0v) is 28.5. The maximum atomic E-state index is 13.9. The highest BCUT2D eigenvalue weighted by Gasteiger charge is 2.25. The van der Waals surface area contributed by atoms with Crippen molar-refractivity contribution in [3.63, 3.8) is 0 Å². The summed E-state index contributed by atoms with van der Waals surface area (Å²) in [5.41, 5.74) is 3.17. The van der Waals surface area contributed by atoms with E-state index in [1.54, 1.807) is 7.11 Å². The number of amides is 2. The van der Waals surface area contributed by atoms with E-state index >= 15 is 0 Å². The molecule has 48 heavy (non-hydrogen) atoms. The van der Waals surface area contributed by atoms with E-state index in [1.165, 1.54) is 25.2 Å². The summed E-state index contributed by atoms with van der Waals surface area (Å²) in [5, 5.41) is 20.5. The normalized spacial score (nSPS) is 13.2. The van der Waals surface area contributed by atoms with Gasteiger partial charge in [0.15, 0.2) is 0 Å². The summed E-state index contributed by atoms with van der Waals surface area (Å²) in [7, 11) is -0.747. The number of aliphatic hydroxyl groups is 1. The molecule has 4 N–H and O–H groups in total. The molecule has 4 aromatic carbocycles. The highest BCUT2D eigenvalue weighted by atomic mass is 32.2. The van der Waals surface area contributed by atoms with Crippen LogP contribution in [-0.4, -0.2) is 64.4 Å². The molecule has 0 aromatic heterocycles. The zero-order chi connectivity index (χ0) is 34.7. The first-order chi connectivity index (χ1) is 23.0. The van der Waals surface area contributed by atoms with Gasteiger partial charge in [0.05, 0.1) is 37.2 Å². The van der Waals surface area contributed by atoms with Crippen molar-refractivity contribution in [3.8, 4) is 5.75 Å². The summed E-state index contributed by atoms with van der Waals surface area (Å²) in [6, 6.07) is 29.9. The first-order valence-corrected chi connectivity index (χ1v) is 17.6. The molecule has 254 valence electrons. The molecule has 0 heterocycles. The number of nitrogens with one attached hydrogen (secondary N) is 3. The monoisotopic (exact) mass is 672 g/mol. The molecule has 2 amide bonds. The Kier molecular flexibility index (Phi) is 12.7. The summed E-state index contributed by atoms with van der Waals surface area (Å²) in [6.45, 7) is 2.60. The Morgan fingerprint density at radius 3 is 2.04 bits per heavy atom. The third-order valence-electron chi connectivity index (χ3n) is 8.11. The Morgan fingerprint density at radius 1 is 0.833 bits per heavy atom. The fourth-order valence-electron chi connectivity index (χ4n) is 5.29. The number of anilines is 1. The van der Waals surface area contributed by atoms with E-state index in [1.807, 2.05) is 91.9 Å². The minimum Gasteiger partial charge on any atom is -0.497 e. The second-order valence-corrected chi connectivity index (χ2v) is 13.7. The van der Waals surface area contributed by atoms with Gasteiger partial charge in [-0.3, -0.25) is 13.9 Å². The summed E-state index contributed by atoms with van der Waals surface area (Å²) >= 11 is 0. The van der Waals surface area contributed by atoms with Gasteiger partial charge in [0, 0.05) is 31.3 Å². The molecule has 0 aliphatic heterocycles. The van der Waals surface area contributed by atoms with Crippen molar-refractivity contribution in [2.24, 2.45) is 0 Å². The molecule has 3 unspecified atom stereocenters. The number of carbonyl (C=O) groups is 2. The number of sulfonamides is 1. The summed E-state index contributed by atoms with van der Waals surface area (Å²) in [6.07, 6.45) is 1.02. The molecule has 0 spiro atoms. The minimum atomic E-state index is -3.71. The van der Waals surface area contributed by atoms with Crippen molar-refractivity contribution in [2.45, 2.75) is 44.5 Å². The number of benzene rings is 4. The number of methoxy groups -OCH3 is 1. The van der Waals surface area contributed by atoms with Crippen LogP contribution in [0.1, 0.15) is 56.8 Å². The number of nitrogens with zero attached hydrogens (tertiary/aromatic N) is 1. The molecule has 10 nitrogen and oxygen atoms in total. The molecule has 0 saturated carbocycles. The molecule has 4 aromatic rings. The van der Waals surface area contributed by atoms with Gasteiger partial charge in [0.2, 0.25) is 10.0 Å². The number of hydrogen-bond acceptors (Lipinski definition) is 7. The number of rotatable bonds is 16. The van der Waals surface area contributed by atoms with Gasteiger partial charge in [0.25, 0.3) is 11.8 Å². The first kappa shape index (κ1) is 36.1. The molecular weight excluding hydrogens is 628 g/mol. The largest absolute Gasteiger partial charge is 0.497 e. The lowest BCUT2D eigenvalue weighted by molar-refractivity contribution is 0.0830. The molecule has 11 heteroatoms. The number of aliphatic hydroxyl groups excluding tert-OH is 1. The maximum Gasteiger partial charge on any atom is 0.251 e. The number of hydrogen-bond donors (Lipinski definition) is 4. The van der Waals surface area contributed by atoms with Crippen molar-refractivity contribution < 1.29 is 27.9 Å². The van der Waals surface area contributed by atoms with E-state index in [-0.39, 0.29) is 29.4 Å². The van der Waals surface area contributed by atoms with Crippen LogP contribution in [-0.2, 0) is 23.0 Å². The van der Waals surface area contributed by atoms with Gasteiger partial charge in [0.1, 0.15) is 5.75 Å². The van der Waals surface area contributed by atoms with Crippen molar-refractivity contribution >= 4 is 27.5 Å². The standard InChI is InChI=1S/C37H44N4O6S/c1-5-33(28-16-10-7-11-17-28)39-36(43)29-21-30(23-31(22-29)41(2)48(4,45)46)37(44)40-34(20-26-13-8-6-9-14-26)35(42)25-38-24-27-15-12-18-32(19-27)47-3/h6-19,21-23,33-35,38,42H,5,20,24-25H2,1-4H3,(H,39,43)(H,40,44). The fourth-order valence-corrected chi connectivity index (χ4v) is 5.78. The van der Waals surface area contributed by atoms with Crippen molar-refractivity contribution in [2.75, 3.05) is 31.3 Å². The third kappa shape index (κ3) is 10.1. The number of ether oxygens (including phenoxy) is 1. The second-order valence-electron chi connectivity index (χ2n) is 11.7. The molecule has 0 saturated heterocycles. The first-order valence-electron chi connectivity index (χ1n) is 15.8. The van der Waals surface area contributed by atoms with Gasteiger partial charge in [-0.1, -0.05) is 79.7 Å². The van der Waals surface area contributed by atoms with Crippen LogP contribution in [0.2, 0.25) is 0 Å². The average molecular weight is 673 g/mol. The van der Waals surface area contributed by atoms with Crippen LogP contribution in [0.4, 0.5) is 5.69 Å². The predicted octanol–water partition coefficient (Wildman–Crippen LogP) is 4.46. The quantitative estimate of drug-likeness (QED) is 0.138. The number of carbonyl (C=O) groups excluding carboxylic acids is 2. The molecule has 0 bridgehead atoms. The van der Waals surface area contributed by atoms with E-state index in [9.17, 15) is 23.1 Å². The Labute approximate surface area is 283 Å². The zero-order valence-electron chi connectivity index (χ0n) is 27.7. The van der Waals surface area contributed by atoms with Gasteiger partial charge in [-0.2, -0.15) is 0 Å². The second kappa shape index (κ2) is 16.9. The van der Waals surface area contributed by atoms with Crippen molar-refractivity contribution in [1.82, 2.24) is 16.0 Å². The lowest BCUT2D eigenvalue weighted by Crippen LogP contribution is -2.48. The van der Waals surface area contributed by atoms with E-state index < -0.39 is 34.0 Å². The van der Waals surface area contributed by atoms with Crippen LogP contribution >= 0.6 is 0 Å². The fraction of sp³-hybridized carbons (Fsp3) is 0.297. The lowest BCUT2D eigenvalue weighted by atomic mass is 9.99. The third-order valence-corrected chi connectivity index (χ3v) is 9.32. The average Bonchev–Trinajstić information content (AvgIpc) is 3.10. The Morgan fingerprint density at radius 2 is 1.44 bits per heavy atom. The van der Waals surface area contributed by atoms with Crippen LogP contribution in [0.5, 0.6) is 5.75 Å². The van der Waals surface area contributed by atoms with Crippen LogP contribution in [0.3, 0.4) is 0 Å². The van der Waals surface area contributed by atoms with Gasteiger partial charge < -0.3 is 25.8 Å². The summed E-state index contributed by atoms with van der Waals surface area (Å²) in [4.78, 5) is 27.4. The molecule has 4 rings (SSSR count). The molecule has 0 aliphatic carbocycles. The van der Waals surface area contributed by atoms with Crippen LogP contribution in [0.15, 0.2) is 103 Å². The van der Waals surface area contributed by atoms with Gasteiger partial charge in [-0.05, 0) is 59.9 Å². The molecule has 0 fully saturated rings. The lowest BCUT2D eigenvalue weighted by Gasteiger charge is -2.26. The van der Waals surface area contributed by atoms with E-state index in [2.05, 4.69) is 16.0 Å². The van der Waals surface area contributed by atoms with E-state index in [4.69, 9.17) is 4.74 Å². The highest BCUT2D eigenvalue weighted by Crippen LogP contribution is 2.23. The SMILES string of the molecule is CCC(NC(=O)c1cc(C(=O)NC(Cc2ccccc2)C(O)CNCc2cccc(OC)c2)cc(N(C)S(C)(=O)=O)c1)c1ccccc1. The summed E-state index contributed by atoms with van der Waals surface area (Å²) < 4.78 is 31.3. The van der Waals surface area contributed by atoms with Crippen LogP contribution in [0.25, 0.3) is 0 Å². The predicted molar refractivity (Wildman–Crippen MR) is 189 cm³/mol. The Balaban J connectivity index is 1.59. The smallest absolute Gasteiger partial charge is 0.251 e. The topological polar surface area (TPSA) is 137 Å². The van der Waals surface area contributed by atoms with Crippen molar-refractivity contribution in [1.29, 1.82) is 0 Å². The van der Waals surface area contributed by atoms with Crippen LogP contribution < -0.4 is 25.0 Å². The molecular formula is C37H44N4O6S. The minimum absolute atomic E-state index is 0.0792. The summed E-state index contributed by atoms with van der Waals surface area (Å²) in [5.74, 6) is -0.284. The Bertz CT molecular complexity index is 1770. The van der Waals surface area contributed by atoms with Gasteiger partial charge >= 0.3 is 0 Å². The molecule has 3 atom stereocenters. The van der Waals surface area contributed by atoms with E-state index in [0.29, 0.717) is 19.4 Å². The van der Waals surface area contributed by atoms with Crippen molar-refractivity contribution in [3.05, 3.63) is 131 Å². The Hall–Kier alpha value is -4.71. The highest BCUT2D eigenvalue weighted by molar-refractivity contribution is 7.92. The molecule has 0 aliphatic rings. The van der Waals surface area contributed by atoms with Gasteiger partial charge in [-0.25, -0.2) is 8.42 Å². The molecule has 0 radical (unpaired) electrons. The maximum absolute atomic E-state index is 13.9. The van der Waals surface area contributed by atoms with E-state index in [0.717, 1.165) is 33.0 Å². The van der Waals surface area contributed by atoms with Gasteiger partial charge in [-0.15, -0.1) is 0 Å². The van der Waals surface area contributed by atoms with Crippen LogP contribution in [0, 0.1) is 0 Å².